The predicted octanol–water partition coefficient (Wildman–Crippen LogP) is 1.72. The van der Waals surface area contributed by atoms with Gasteiger partial charge in [0.05, 0.1) is 6.61 Å². The third-order valence-corrected chi connectivity index (χ3v) is 6.10. The number of hydrogen-bond acceptors (Lipinski definition) is 5. The van der Waals surface area contributed by atoms with Crippen LogP contribution in [0.4, 0.5) is 0 Å². The molecular formula is C15H24O5Si. The van der Waals surface area contributed by atoms with Gasteiger partial charge in [0.1, 0.15) is 18.5 Å². The van der Waals surface area contributed by atoms with E-state index < -0.39 is 8.80 Å². The first-order valence-electron chi connectivity index (χ1n) is 7.50. The van der Waals surface area contributed by atoms with E-state index in [4.69, 9.17) is 22.8 Å². The lowest BCUT2D eigenvalue weighted by atomic mass is 10.3. The number of hydrogen-bond donors (Lipinski definition) is 0. The lowest BCUT2D eigenvalue weighted by Crippen LogP contribution is -2.56. The van der Waals surface area contributed by atoms with Crippen LogP contribution in [-0.2, 0) is 18.0 Å². The van der Waals surface area contributed by atoms with E-state index in [1.807, 2.05) is 45.0 Å². The fraction of sp³-hybridized carbons (Fsp3) is 0.600. The molecule has 0 aliphatic carbocycles. The molecule has 0 amide bonds. The van der Waals surface area contributed by atoms with Gasteiger partial charge in [-0.3, -0.25) is 0 Å². The Bertz CT molecular complexity index is 402. The maximum absolute atomic E-state index is 5.88. The quantitative estimate of drug-likeness (QED) is 0.486. The molecule has 2 rings (SSSR count). The Hall–Kier alpha value is -0.923. The van der Waals surface area contributed by atoms with Gasteiger partial charge in [-0.2, -0.15) is 0 Å². The molecule has 0 bridgehead atoms. The van der Waals surface area contributed by atoms with E-state index in [0.717, 1.165) is 17.5 Å². The van der Waals surface area contributed by atoms with Crippen LogP contribution in [0.5, 0.6) is 5.75 Å². The summed E-state index contributed by atoms with van der Waals surface area (Å²) in [5.74, 6) is 0.821. The highest BCUT2D eigenvalue weighted by atomic mass is 28.4. The lowest BCUT2D eigenvalue weighted by molar-refractivity contribution is 0.0859. The van der Waals surface area contributed by atoms with Crippen molar-refractivity contribution in [3.8, 4) is 5.75 Å². The van der Waals surface area contributed by atoms with Gasteiger partial charge in [0.2, 0.25) is 0 Å². The molecule has 1 aromatic rings. The Morgan fingerprint density at radius 3 is 1.95 bits per heavy atom. The molecule has 1 unspecified atom stereocenters. The normalized spacial score (nSPS) is 17.8. The minimum absolute atomic E-state index is 0.258. The molecule has 1 atom stereocenters. The Morgan fingerprint density at radius 2 is 1.52 bits per heavy atom. The summed E-state index contributed by atoms with van der Waals surface area (Å²) in [6.45, 7) is 8.93. The number of rotatable bonds is 10. The van der Waals surface area contributed by atoms with E-state index in [2.05, 4.69) is 0 Å². The standard InChI is InChI=1S/C15H24O5Si/c1-4-18-21(19-5-2,20-6-3)15-9-7-13(8-10-15)16-11-14-12-17-14/h7-10,14H,4-6,11-12H2,1-3H3. The monoisotopic (exact) mass is 312 g/mol. The van der Waals surface area contributed by atoms with Gasteiger partial charge in [-0.15, -0.1) is 0 Å². The molecule has 1 fully saturated rings. The molecule has 5 nitrogen and oxygen atoms in total. The van der Waals surface area contributed by atoms with Crippen LogP contribution in [0.3, 0.4) is 0 Å². The van der Waals surface area contributed by atoms with Gasteiger partial charge in [-0.1, -0.05) is 12.1 Å². The van der Waals surface area contributed by atoms with Crippen molar-refractivity contribution in [1.82, 2.24) is 0 Å². The van der Waals surface area contributed by atoms with Gasteiger partial charge in [-0.05, 0) is 32.9 Å². The smallest absolute Gasteiger partial charge is 0.491 e. The third-order valence-electron chi connectivity index (χ3n) is 3.05. The number of ether oxygens (including phenoxy) is 2. The average Bonchev–Trinajstić information content (AvgIpc) is 3.30. The van der Waals surface area contributed by atoms with Crippen LogP contribution in [0.1, 0.15) is 20.8 Å². The molecule has 0 N–H and O–H groups in total. The third kappa shape index (κ3) is 4.52. The highest BCUT2D eigenvalue weighted by Gasteiger charge is 2.43. The molecule has 0 saturated carbocycles. The average molecular weight is 312 g/mol. The summed E-state index contributed by atoms with van der Waals surface area (Å²) in [5.41, 5.74) is 0. The van der Waals surface area contributed by atoms with Gasteiger partial charge in [-0.25, -0.2) is 0 Å². The first-order valence-corrected chi connectivity index (χ1v) is 9.23. The first-order chi connectivity index (χ1) is 10.2. The van der Waals surface area contributed by atoms with E-state index in [1.54, 1.807) is 0 Å². The van der Waals surface area contributed by atoms with Crippen LogP contribution >= 0.6 is 0 Å². The van der Waals surface area contributed by atoms with E-state index in [0.29, 0.717) is 26.4 Å². The highest BCUT2D eigenvalue weighted by molar-refractivity contribution is 6.75. The van der Waals surface area contributed by atoms with E-state index >= 15 is 0 Å². The molecule has 1 aromatic carbocycles. The molecule has 1 heterocycles. The maximum atomic E-state index is 5.88. The second kappa shape index (κ2) is 7.91. The largest absolute Gasteiger partial charge is 0.537 e. The van der Waals surface area contributed by atoms with E-state index in [1.165, 1.54) is 0 Å². The van der Waals surface area contributed by atoms with Crippen molar-refractivity contribution >= 4 is 14.0 Å². The molecular weight excluding hydrogens is 288 g/mol. The zero-order valence-electron chi connectivity index (χ0n) is 13.0. The van der Waals surface area contributed by atoms with Crippen LogP contribution in [0.25, 0.3) is 0 Å². The second-order valence-electron chi connectivity index (χ2n) is 4.65. The summed E-state index contributed by atoms with van der Waals surface area (Å²) < 4.78 is 28.4. The fourth-order valence-electron chi connectivity index (χ4n) is 2.05. The minimum atomic E-state index is -2.81. The van der Waals surface area contributed by atoms with E-state index in [9.17, 15) is 0 Å². The van der Waals surface area contributed by atoms with Crippen LogP contribution in [0.2, 0.25) is 0 Å². The van der Waals surface area contributed by atoms with Crippen LogP contribution in [0.15, 0.2) is 24.3 Å². The maximum Gasteiger partial charge on any atom is 0.537 e. The van der Waals surface area contributed by atoms with Gasteiger partial charge < -0.3 is 22.8 Å². The number of epoxide rings is 1. The van der Waals surface area contributed by atoms with Crippen LogP contribution in [-0.4, -0.2) is 47.9 Å². The Labute approximate surface area is 127 Å². The molecule has 118 valence electrons. The first kappa shape index (κ1) is 16.4. The fourth-order valence-corrected chi connectivity index (χ4v) is 4.52. The molecule has 0 spiro atoms. The lowest BCUT2D eigenvalue weighted by Gasteiger charge is -2.28. The topological polar surface area (TPSA) is 49.5 Å². The van der Waals surface area contributed by atoms with Gasteiger partial charge in [0.25, 0.3) is 0 Å². The minimum Gasteiger partial charge on any atom is -0.491 e. The summed E-state index contributed by atoms with van der Waals surface area (Å²) in [4.78, 5) is 0. The van der Waals surface area contributed by atoms with Gasteiger partial charge >= 0.3 is 8.80 Å². The molecule has 0 radical (unpaired) electrons. The molecule has 0 aromatic heterocycles. The summed E-state index contributed by atoms with van der Waals surface area (Å²) in [6, 6.07) is 7.79. The molecule has 6 heteroatoms. The Balaban J connectivity index is 2.09. The molecule has 1 saturated heterocycles. The SMILES string of the molecule is CCO[Si](OCC)(OCC)c1ccc(OCC2CO2)cc1. The van der Waals surface area contributed by atoms with Crippen molar-refractivity contribution in [2.24, 2.45) is 0 Å². The Morgan fingerprint density at radius 1 is 1.00 bits per heavy atom. The molecule has 1 aliphatic rings. The number of benzene rings is 1. The van der Waals surface area contributed by atoms with Crippen molar-refractivity contribution in [2.75, 3.05) is 33.0 Å². The van der Waals surface area contributed by atoms with Gasteiger partial charge in [0.15, 0.2) is 0 Å². The van der Waals surface area contributed by atoms with Crippen molar-refractivity contribution < 1.29 is 22.8 Å². The van der Waals surface area contributed by atoms with Gasteiger partial charge in [0, 0.05) is 25.0 Å². The summed E-state index contributed by atoms with van der Waals surface area (Å²) in [6.07, 6.45) is 0.258. The zero-order chi connectivity index (χ0) is 15.1. The second-order valence-corrected chi connectivity index (χ2v) is 7.20. The van der Waals surface area contributed by atoms with Crippen LogP contribution < -0.4 is 9.92 Å². The molecule has 1 aliphatic heterocycles. The van der Waals surface area contributed by atoms with E-state index in [-0.39, 0.29) is 6.10 Å². The zero-order valence-corrected chi connectivity index (χ0v) is 14.0. The summed E-state index contributed by atoms with van der Waals surface area (Å²) in [5, 5.41) is 0.961. The summed E-state index contributed by atoms with van der Waals surface area (Å²) >= 11 is 0. The summed E-state index contributed by atoms with van der Waals surface area (Å²) in [7, 11) is -2.81. The van der Waals surface area contributed by atoms with Crippen molar-refractivity contribution in [2.45, 2.75) is 26.9 Å². The predicted molar refractivity (Wildman–Crippen MR) is 81.9 cm³/mol. The molecule has 21 heavy (non-hydrogen) atoms. The Kier molecular flexibility index (Phi) is 6.19. The van der Waals surface area contributed by atoms with Crippen molar-refractivity contribution in [3.05, 3.63) is 24.3 Å². The van der Waals surface area contributed by atoms with Crippen LogP contribution in [0, 0.1) is 0 Å². The van der Waals surface area contributed by atoms with Crippen molar-refractivity contribution in [3.63, 3.8) is 0 Å². The highest BCUT2D eigenvalue weighted by Crippen LogP contribution is 2.16. The van der Waals surface area contributed by atoms with Crippen molar-refractivity contribution in [1.29, 1.82) is 0 Å².